The van der Waals surface area contributed by atoms with Crippen LogP contribution >= 0.6 is 0 Å². The van der Waals surface area contributed by atoms with Crippen molar-refractivity contribution in [1.82, 2.24) is 0 Å². The molecule has 0 aliphatic carbocycles. The first kappa shape index (κ1) is 14.4. The van der Waals surface area contributed by atoms with Gasteiger partial charge >= 0.3 is 0 Å². The molecule has 22 heavy (non-hydrogen) atoms. The van der Waals surface area contributed by atoms with E-state index >= 15 is 0 Å². The van der Waals surface area contributed by atoms with Gasteiger partial charge in [-0.15, -0.1) is 0 Å². The molecule has 0 atom stereocenters. The van der Waals surface area contributed by atoms with E-state index in [1.165, 1.54) is 0 Å². The van der Waals surface area contributed by atoms with Gasteiger partial charge in [-0.2, -0.15) is 0 Å². The predicted molar refractivity (Wildman–Crippen MR) is 84.9 cm³/mol. The van der Waals surface area contributed by atoms with Gasteiger partial charge in [0.05, 0.1) is 9.79 Å². The number of rotatable bonds is 4. The van der Waals surface area contributed by atoms with Crippen molar-refractivity contribution < 1.29 is 13.2 Å². The summed E-state index contributed by atoms with van der Waals surface area (Å²) in [6.07, 6.45) is 0. The van der Waals surface area contributed by atoms with Gasteiger partial charge in [0.15, 0.2) is 0 Å². The number of hydrogen-bond acceptors (Lipinski definition) is 3. The van der Waals surface area contributed by atoms with Crippen LogP contribution in [0.2, 0.25) is 0 Å². The third-order valence-corrected chi connectivity index (χ3v) is 4.95. The lowest BCUT2D eigenvalue weighted by Gasteiger charge is -2.07. The minimum absolute atomic E-state index is 0.249. The summed E-state index contributed by atoms with van der Waals surface area (Å²) in [4.78, 5) is 0.533. The van der Waals surface area contributed by atoms with Crippen molar-refractivity contribution in [3.8, 4) is 11.5 Å². The first-order chi connectivity index (χ1) is 10.7. The van der Waals surface area contributed by atoms with E-state index < -0.39 is 9.84 Å². The van der Waals surface area contributed by atoms with Crippen LogP contribution in [0.1, 0.15) is 0 Å². The second kappa shape index (κ2) is 6.03. The van der Waals surface area contributed by atoms with E-state index in [9.17, 15) is 8.42 Å². The van der Waals surface area contributed by atoms with E-state index in [0.717, 1.165) is 0 Å². The summed E-state index contributed by atoms with van der Waals surface area (Å²) in [7, 11) is -3.48. The van der Waals surface area contributed by atoms with Crippen molar-refractivity contribution in [2.75, 3.05) is 0 Å². The van der Waals surface area contributed by atoms with E-state index in [1.54, 1.807) is 54.6 Å². The van der Waals surface area contributed by atoms with Gasteiger partial charge in [-0.1, -0.05) is 36.4 Å². The highest BCUT2D eigenvalue weighted by Gasteiger charge is 2.16. The van der Waals surface area contributed by atoms with Gasteiger partial charge in [-0.3, -0.25) is 0 Å². The lowest BCUT2D eigenvalue weighted by atomic mass is 10.3. The molecule has 0 saturated heterocycles. The molecule has 0 fully saturated rings. The van der Waals surface area contributed by atoms with Crippen molar-refractivity contribution in [3.05, 3.63) is 84.9 Å². The molecule has 0 N–H and O–H groups in total. The Hall–Kier alpha value is -2.59. The fourth-order valence-electron chi connectivity index (χ4n) is 2.05. The Bertz CT molecular complexity index is 840. The summed E-state index contributed by atoms with van der Waals surface area (Å²) >= 11 is 0. The van der Waals surface area contributed by atoms with Crippen LogP contribution in [-0.4, -0.2) is 8.42 Å². The SMILES string of the molecule is O=S(=O)(c1ccccc1)c1ccc(Oc2ccccc2)cc1. The maximum absolute atomic E-state index is 12.5. The average molecular weight is 310 g/mol. The van der Waals surface area contributed by atoms with Crippen LogP contribution in [0, 0.1) is 0 Å². The highest BCUT2D eigenvalue weighted by Crippen LogP contribution is 2.25. The van der Waals surface area contributed by atoms with E-state index in [2.05, 4.69) is 0 Å². The van der Waals surface area contributed by atoms with Gasteiger partial charge in [-0.05, 0) is 48.5 Å². The molecule has 0 aromatic heterocycles. The summed E-state index contributed by atoms with van der Waals surface area (Å²) in [5, 5.41) is 0. The molecule has 0 unspecified atom stereocenters. The molecular weight excluding hydrogens is 296 g/mol. The molecule has 0 aliphatic heterocycles. The molecule has 0 saturated carbocycles. The van der Waals surface area contributed by atoms with E-state index in [4.69, 9.17) is 4.74 Å². The van der Waals surface area contributed by atoms with Crippen LogP contribution < -0.4 is 4.74 Å². The monoisotopic (exact) mass is 310 g/mol. The summed E-state index contributed by atoms with van der Waals surface area (Å²) in [5.41, 5.74) is 0. The Balaban J connectivity index is 1.86. The van der Waals surface area contributed by atoms with Gasteiger partial charge in [-0.25, -0.2) is 8.42 Å². The van der Waals surface area contributed by atoms with Crippen LogP contribution in [0.5, 0.6) is 11.5 Å². The Labute approximate surface area is 129 Å². The summed E-state index contributed by atoms with van der Waals surface area (Å²) in [6, 6.07) is 24.1. The fourth-order valence-corrected chi connectivity index (χ4v) is 3.33. The molecule has 0 heterocycles. The van der Waals surface area contributed by atoms with Crippen LogP contribution in [-0.2, 0) is 9.84 Å². The fraction of sp³-hybridized carbons (Fsp3) is 0. The molecule has 0 bridgehead atoms. The molecule has 3 rings (SSSR count). The quantitative estimate of drug-likeness (QED) is 0.721. The first-order valence-corrected chi connectivity index (χ1v) is 8.28. The van der Waals surface area contributed by atoms with Gasteiger partial charge in [0, 0.05) is 0 Å². The molecule has 3 aromatic rings. The molecule has 0 spiro atoms. The molecule has 4 heteroatoms. The van der Waals surface area contributed by atoms with Crippen LogP contribution in [0.15, 0.2) is 94.7 Å². The Morgan fingerprint density at radius 2 is 1.00 bits per heavy atom. The van der Waals surface area contributed by atoms with E-state index in [0.29, 0.717) is 11.5 Å². The summed E-state index contributed by atoms with van der Waals surface area (Å²) in [5.74, 6) is 1.30. The summed E-state index contributed by atoms with van der Waals surface area (Å²) in [6.45, 7) is 0. The van der Waals surface area contributed by atoms with Crippen LogP contribution in [0.4, 0.5) is 0 Å². The van der Waals surface area contributed by atoms with Crippen molar-refractivity contribution in [2.24, 2.45) is 0 Å². The van der Waals surface area contributed by atoms with Crippen LogP contribution in [0.3, 0.4) is 0 Å². The molecule has 3 nitrogen and oxygen atoms in total. The number of hydrogen-bond donors (Lipinski definition) is 0. The smallest absolute Gasteiger partial charge is 0.206 e. The Kier molecular flexibility index (Phi) is 3.94. The van der Waals surface area contributed by atoms with Gasteiger partial charge in [0.2, 0.25) is 9.84 Å². The second-order valence-corrected chi connectivity index (χ2v) is 6.65. The zero-order valence-electron chi connectivity index (χ0n) is 11.7. The minimum Gasteiger partial charge on any atom is -0.457 e. The largest absolute Gasteiger partial charge is 0.457 e. The Morgan fingerprint density at radius 3 is 1.59 bits per heavy atom. The van der Waals surface area contributed by atoms with Crippen molar-refractivity contribution in [1.29, 1.82) is 0 Å². The number of sulfone groups is 1. The normalized spacial score (nSPS) is 11.1. The molecule has 0 radical (unpaired) electrons. The van der Waals surface area contributed by atoms with E-state index in [1.807, 2.05) is 30.3 Å². The maximum atomic E-state index is 12.5. The zero-order valence-corrected chi connectivity index (χ0v) is 12.5. The predicted octanol–water partition coefficient (Wildman–Crippen LogP) is 4.31. The van der Waals surface area contributed by atoms with Gasteiger partial charge < -0.3 is 4.74 Å². The van der Waals surface area contributed by atoms with Crippen LogP contribution in [0.25, 0.3) is 0 Å². The summed E-state index contributed by atoms with van der Waals surface area (Å²) < 4.78 is 30.6. The number of ether oxygens (including phenoxy) is 1. The third kappa shape index (κ3) is 3.02. The van der Waals surface area contributed by atoms with E-state index in [-0.39, 0.29) is 9.79 Å². The Morgan fingerprint density at radius 1 is 0.545 bits per heavy atom. The molecule has 0 amide bonds. The zero-order chi connectivity index (χ0) is 15.4. The van der Waals surface area contributed by atoms with Gasteiger partial charge in [0.1, 0.15) is 11.5 Å². The highest BCUT2D eigenvalue weighted by molar-refractivity contribution is 7.91. The number of para-hydroxylation sites is 1. The molecule has 3 aromatic carbocycles. The standard InChI is InChI=1S/C18H14O3S/c19-22(20,17-9-5-2-6-10-17)18-13-11-16(12-14-18)21-15-7-3-1-4-8-15/h1-14H. The van der Waals surface area contributed by atoms with Crippen molar-refractivity contribution in [2.45, 2.75) is 9.79 Å². The minimum atomic E-state index is -3.48. The lowest BCUT2D eigenvalue weighted by molar-refractivity contribution is 0.482. The first-order valence-electron chi connectivity index (χ1n) is 6.79. The van der Waals surface area contributed by atoms with Gasteiger partial charge in [0.25, 0.3) is 0 Å². The third-order valence-electron chi connectivity index (χ3n) is 3.17. The second-order valence-electron chi connectivity index (χ2n) is 4.70. The van der Waals surface area contributed by atoms with Crippen molar-refractivity contribution in [3.63, 3.8) is 0 Å². The highest BCUT2D eigenvalue weighted by atomic mass is 32.2. The molecule has 110 valence electrons. The molecule has 0 aliphatic rings. The average Bonchev–Trinajstić information content (AvgIpc) is 2.57. The molecular formula is C18H14O3S. The topological polar surface area (TPSA) is 43.4 Å². The van der Waals surface area contributed by atoms with Crippen molar-refractivity contribution >= 4 is 9.84 Å². The lowest BCUT2D eigenvalue weighted by Crippen LogP contribution is -2.01. The number of benzene rings is 3. The maximum Gasteiger partial charge on any atom is 0.206 e.